The lowest BCUT2D eigenvalue weighted by molar-refractivity contribution is -0.137. The molecule has 0 bridgehead atoms. The lowest BCUT2D eigenvalue weighted by Crippen LogP contribution is -2.10. The van der Waals surface area contributed by atoms with Crippen LogP contribution in [0.3, 0.4) is 0 Å². The third-order valence-corrected chi connectivity index (χ3v) is 4.18. The van der Waals surface area contributed by atoms with Crippen molar-refractivity contribution in [3.05, 3.63) is 42.0 Å². The molecule has 0 aliphatic carbocycles. The van der Waals surface area contributed by atoms with E-state index in [1.54, 1.807) is 20.1 Å². The smallest absolute Gasteiger partial charge is 0.330 e. The molecule has 0 amide bonds. The number of ether oxygens (including phenoxy) is 3. The predicted octanol–water partition coefficient (Wildman–Crippen LogP) is 3.78. The van der Waals surface area contributed by atoms with Gasteiger partial charge in [0, 0.05) is 11.3 Å². The third kappa shape index (κ3) is 8.04. The molecular formula is C17H22O4S2. The Hall–Kier alpha value is -1.53. The summed E-state index contributed by atoms with van der Waals surface area (Å²) in [6.07, 6.45) is 3.97. The van der Waals surface area contributed by atoms with E-state index in [0.29, 0.717) is 17.6 Å². The van der Waals surface area contributed by atoms with E-state index < -0.39 is 0 Å². The second-order valence-corrected chi connectivity index (χ2v) is 6.34. The van der Waals surface area contributed by atoms with E-state index in [4.69, 9.17) is 26.4 Å². The Labute approximate surface area is 147 Å². The number of hydrogen-bond donors (Lipinski definition) is 0. The molecule has 0 heterocycles. The van der Waals surface area contributed by atoms with Crippen LogP contribution in [0.25, 0.3) is 0 Å². The van der Waals surface area contributed by atoms with Gasteiger partial charge < -0.3 is 14.2 Å². The van der Waals surface area contributed by atoms with Crippen LogP contribution in [-0.4, -0.2) is 35.9 Å². The van der Waals surface area contributed by atoms with Gasteiger partial charge >= 0.3 is 5.97 Å². The summed E-state index contributed by atoms with van der Waals surface area (Å²) in [4.78, 5) is 11.5. The fourth-order valence-corrected chi connectivity index (χ4v) is 3.15. The molecule has 1 aromatic rings. The number of carbonyl (C=O) groups excluding carboxylic acids is 1. The Morgan fingerprint density at radius 3 is 2.43 bits per heavy atom. The highest BCUT2D eigenvalue weighted by molar-refractivity contribution is 8.23. The number of hydrogen-bond acceptors (Lipinski definition) is 6. The van der Waals surface area contributed by atoms with E-state index >= 15 is 0 Å². The molecule has 0 fully saturated rings. The second-order valence-electron chi connectivity index (χ2n) is 4.50. The Morgan fingerprint density at radius 1 is 1.22 bits per heavy atom. The number of esters is 1. The van der Waals surface area contributed by atoms with E-state index in [1.165, 1.54) is 17.8 Å². The summed E-state index contributed by atoms with van der Waals surface area (Å²) in [5.74, 6) is 0.458. The molecule has 1 aromatic carbocycles. The molecule has 0 spiro atoms. The molecule has 1 atom stereocenters. The Balaban J connectivity index is 2.76. The first-order valence-corrected chi connectivity index (χ1v) is 8.69. The average molecular weight is 354 g/mol. The van der Waals surface area contributed by atoms with Crippen LogP contribution < -0.4 is 4.74 Å². The van der Waals surface area contributed by atoms with E-state index in [0.717, 1.165) is 17.7 Å². The molecule has 23 heavy (non-hydrogen) atoms. The fraction of sp³-hybridized carbons (Fsp3) is 0.412. The van der Waals surface area contributed by atoms with Crippen LogP contribution in [0.1, 0.15) is 19.4 Å². The van der Waals surface area contributed by atoms with Gasteiger partial charge in [-0.2, -0.15) is 0 Å². The number of methoxy groups -OCH3 is 1. The molecule has 0 radical (unpaired) electrons. The largest absolute Gasteiger partial charge is 0.497 e. The average Bonchev–Trinajstić information content (AvgIpc) is 2.54. The van der Waals surface area contributed by atoms with Crippen LogP contribution in [0, 0.1) is 0 Å². The van der Waals surface area contributed by atoms with E-state index in [1.807, 2.05) is 31.2 Å². The summed E-state index contributed by atoms with van der Waals surface area (Å²) in [7, 11) is 1.64. The fourth-order valence-electron chi connectivity index (χ4n) is 1.79. The summed E-state index contributed by atoms with van der Waals surface area (Å²) in [6.45, 7) is 4.55. The highest BCUT2D eigenvalue weighted by Crippen LogP contribution is 2.22. The molecule has 1 rings (SSSR count). The van der Waals surface area contributed by atoms with Crippen molar-refractivity contribution in [3.63, 3.8) is 0 Å². The van der Waals surface area contributed by atoms with Crippen LogP contribution in [0.5, 0.6) is 5.75 Å². The highest BCUT2D eigenvalue weighted by Gasteiger charge is 2.12. The minimum atomic E-state index is -0.352. The van der Waals surface area contributed by atoms with Crippen molar-refractivity contribution in [2.75, 3.05) is 20.3 Å². The van der Waals surface area contributed by atoms with Gasteiger partial charge in [0.05, 0.1) is 20.3 Å². The standard InChI is InChI=1S/C17H22O4S2/c1-4-20-16(18)11-10-15(23-17(22)21-5-2)12-13-6-8-14(19-3)9-7-13/h6-11,15H,4-5,12H2,1-3H3/b11-10+. The first kappa shape index (κ1) is 19.5. The van der Waals surface area contributed by atoms with Crippen LogP contribution in [-0.2, 0) is 20.7 Å². The van der Waals surface area contributed by atoms with Gasteiger partial charge in [-0.3, -0.25) is 0 Å². The summed E-state index contributed by atoms with van der Waals surface area (Å²) in [5.41, 5.74) is 1.12. The SMILES string of the molecule is CCOC(=O)/C=C/C(Cc1ccc(OC)cc1)SC(=S)OCC. The zero-order valence-corrected chi connectivity index (χ0v) is 15.2. The topological polar surface area (TPSA) is 44.8 Å². The van der Waals surface area contributed by atoms with Crippen molar-refractivity contribution in [3.8, 4) is 5.75 Å². The molecule has 0 aliphatic rings. The predicted molar refractivity (Wildman–Crippen MR) is 98.1 cm³/mol. The monoisotopic (exact) mass is 354 g/mol. The van der Waals surface area contributed by atoms with Crippen molar-refractivity contribution in [2.45, 2.75) is 25.5 Å². The Morgan fingerprint density at radius 2 is 1.87 bits per heavy atom. The molecule has 4 nitrogen and oxygen atoms in total. The third-order valence-electron chi connectivity index (χ3n) is 2.84. The molecule has 6 heteroatoms. The van der Waals surface area contributed by atoms with Gasteiger partial charge in [0.2, 0.25) is 4.38 Å². The summed E-state index contributed by atoms with van der Waals surface area (Å²) in [5, 5.41) is -0.00755. The van der Waals surface area contributed by atoms with Gasteiger partial charge in [-0.1, -0.05) is 30.0 Å². The van der Waals surface area contributed by atoms with E-state index in [9.17, 15) is 4.79 Å². The first-order valence-electron chi connectivity index (χ1n) is 7.40. The van der Waals surface area contributed by atoms with E-state index in [-0.39, 0.29) is 11.2 Å². The van der Waals surface area contributed by atoms with Crippen LogP contribution >= 0.6 is 24.0 Å². The lowest BCUT2D eigenvalue weighted by atomic mass is 10.1. The van der Waals surface area contributed by atoms with Gasteiger partial charge in [-0.25, -0.2) is 4.79 Å². The molecular weight excluding hydrogens is 332 g/mol. The molecule has 1 unspecified atom stereocenters. The van der Waals surface area contributed by atoms with E-state index in [2.05, 4.69) is 0 Å². The van der Waals surface area contributed by atoms with Crippen molar-refractivity contribution in [2.24, 2.45) is 0 Å². The quantitative estimate of drug-likeness (QED) is 0.402. The molecule has 0 aliphatic heterocycles. The van der Waals surface area contributed by atoms with Gasteiger partial charge in [-0.15, -0.1) is 0 Å². The highest BCUT2D eigenvalue weighted by atomic mass is 32.2. The van der Waals surface area contributed by atoms with Crippen molar-refractivity contribution in [1.82, 2.24) is 0 Å². The van der Waals surface area contributed by atoms with Gasteiger partial charge in [0.15, 0.2) is 0 Å². The summed E-state index contributed by atoms with van der Waals surface area (Å²) < 4.78 is 15.9. The van der Waals surface area contributed by atoms with Crippen LogP contribution in [0.4, 0.5) is 0 Å². The number of thioether (sulfide) groups is 1. The second kappa shape index (κ2) is 11.1. The molecule has 0 saturated heterocycles. The maximum atomic E-state index is 11.5. The number of carbonyl (C=O) groups is 1. The van der Waals surface area contributed by atoms with Crippen molar-refractivity contribution < 1.29 is 19.0 Å². The summed E-state index contributed by atoms with van der Waals surface area (Å²) in [6, 6.07) is 7.81. The van der Waals surface area contributed by atoms with Crippen LogP contribution in [0.2, 0.25) is 0 Å². The van der Waals surface area contributed by atoms with Gasteiger partial charge in [0.25, 0.3) is 0 Å². The zero-order valence-electron chi connectivity index (χ0n) is 13.6. The number of rotatable bonds is 8. The Kier molecular flexibility index (Phi) is 9.40. The van der Waals surface area contributed by atoms with Crippen molar-refractivity contribution >= 4 is 34.3 Å². The molecule has 0 N–H and O–H groups in total. The Bertz CT molecular complexity index is 526. The lowest BCUT2D eigenvalue weighted by Gasteiger charge is -2.13. The molecule has 0 saturated carbocycles. The minimum Gasteiger partial charge on any atom is -0.497 e. The maximum Gasteiger partial charge on any atom is 0.330 e. The maximum absolute atomic E-state index is 11.5. The number of thiocarbonyl (C=S) groups is 1. The van der Waals surface area contributed by atoms with Gasteiger partial charge in [-0.05, 0) is 50.2 Å². The molecule has 0 aromatic heterocycles. The number of benzene rings is 1. The zero-order chi connectivity index (χ0) is 17.1. The van der Waals surface area contributed by atoms with Crippen molar-refractivity contribution in [1.29, 1.82) is 0 Å². The normalized spacial score (nSPS) is 12.0. The molecule has 126 valence electrons. The van der Waals surface area contributed by atoms with Gasteiger partial charge in [0.1, 0.15) is 5.75 Å². The van der Waals surface area contributed by atoms with Crippen LogP contribution in [0.15, 0.2) is 36.4 Å². The summed E-state index contributed by atoms with van der Waals surface area (Å²) >= 11 is 6.60. The minimum absolute atomic E-state index is 0.00755. The first-order chi connectivity index (χ1) is 11.1.